The van der Waals surface area contributed by atoms with Crippen LogP contribution in [0.1, 0.15) is 18.4 Å². The molecule has 166 valence electrons. The number of benzene rings is 3. The predicted octanol–water partition coefficient (Wildman–Crippen LogP) is 5.76. The molecule has 0 atom stereocenters. The molecule has 0 saturated carbocycles. The second-order valence-corrected chi connectivity index (χ2v) is 7.91. The lowest BCUT2D eigenvalue weighted by Crippen LogP contribution is -2.00. The highest BCUT2D eigenvalue weighted by Crippen LogP contribution is 2.31. The van der Waals surface area contributed by atoms with Gasteiger partial charge in [0.15, 0.2) is 0 Å². The van der Waals surface area contributed by atoms with Crippen LogP contribution in [-0.4, -0.2) is 25.8 Å². The summed E-state index contributed by atoms with van der Waals surface area (Å²) in [4.78, 5) is 15.4. The molecule has 5 rings (SSSR count). The third-order valence-electron chi connectivity index (χ3n) is 5.74. The van der Waals surface area contributed by atoms with Gasteiger partial charge < -0.3 is 14.2 Å². The molecule has 0 saturated heterocycles. The van der Waals surface area contributed by atoms with Crippen LogP contribution in [0.25, 0.3) is 44.9 Å². The molecule has 0 radical (unpaired) electrons. The SMILES string of the molecule is N#Cc1cc(-c2nc(-c3cccc4c3ccn4CCCC(=O)O)no2)ccc1-c1ccccc1. The van der Waals surface area contributed by atoms with Crippen molar-refractivity contribution in [3.05, 3.63) is 84.6 Å². The summed E-state index contributed by atoms with van der Waals surface area (Å²) in [7, 11) is 0. The fourth-order valence-electron chi connectivity index (χ4n) is 4.10. The molecule has 7 heteroatoms. The Balaban J connectivity index is 1.46. The molecule has 5 aromatic rings. The number of carbonyl (C=O) groups is 1. The van der Waals surface area contributed by atoms with E-state index in [0.717, 1.165) is 27.6 Å². The monoisotopic (exact) mass is 448 g/mol. The first kappa shape index (κ1) is 21.2. The van der Waals surface area contributed by atoms with Crippen molar-refractivity contribution >= 4 is 16.9 Å². The van der Waals surface area contributed by atoms with Gasteiger partial charge in [0.05, 0.1) is 11.6 Å². The zero-order valence-electron chi connectivity index (χ0n) is 18.2. The molecule has 0 amide bonds. The Morgan fingerprint density at radius 3 is 2.65 bits per heavy atom. The molecule has 34 heavy (non-hydrogen) atoms. The van der Waals surface area contributed by atoms with Crippen molar-refractivity contribution in [3.8, 4) is 40.0 Å². The maximum atomic E-state index is 10.8. The molecule has 0 aliphatic rings. The summed E-state index contributed by atoms with van der Waals surface area (Å²) >= 11 is 0. The van der Waals surface area contributed by atoms with Crippen molar-refractivity contribution in [1.82, 2.24) is 14.7 Å². The molecule has 7 nitrogen and oxygen atoms in total. The van der Waals surface area contributed by atoms with E-state index in [1.807, 2.05) is 77.5 Å². The van der Waals surface area contributed by atoms with Gasteiger partial charge in [-0.25, -0.2) is 0 Å². The number of nitriles is 1. The topological polar surface area (TPSA) is 105 Å². The first-order chi connectivity index (χ1) is 16.6. The third-order valence-corrected chi connectivity index (χ3v) is 5.74. The lowest BCUT2D eigenvalue weighted by Gasteiger charge is -2.05. The standard InChI is InChI=1S/C27H20N4O3/c28-17-20-16-19(11-12-21(20)18-6-2-1-3-7-18)27-29-26(30-34-27)23-8-4-9-24-22(23)13-15-31(24)14-5-10-25(32)33/h1-4,6-9,11-13,15-16H,5,10,14H2,(H,32,33). The molecule has 2 aromatic heterocycles. The second-order valence-electron chi connectivity index (χ2n) is 7.91. The number of aryl methyl sites for hydroxylation is 1. The van der Waals surface area contributed by atoms with E-state index < -0.39 is 5.97 Å². The maximum absolute atomic E-state index is 10.8. The van der Waals surface area contributed by atoms with E-state index in [4.69, 9.17) is 9.63 Å². The van der Waals surface area contributed by atoms with E-state index in [2.05, 4.69) is 16.2 Å². The quantitative estimate of drug-likeness (QED) is 0.339. The van der Waals surface area contributed by atoms with Gasteiger partial charge in [-0.15, -0.1) is 0 Å². The molecule has 0 aliphatic carbocycles. The van der Waals surface area contributed by atoms with Gasteiger partial charge >= 0.3 is 5.97 Å². The summed E-state index contributed by atoms with van der Waals surface area (Å²) in [5.74, 6) is -0.00799. The van der Waals surface area contributed by atoms with Gasteiger partial charge in [-0.05, 0) is 41.8 Å². The minimum absolute atomic E-state index is 0.126. The van der Waals surface area contributed by atoms with Crippen molar-refractivity contribution in [2.24, 2.45) is 0 Å². The van der Waals surface area contributed by atoms with E-state index in [9.17, 15) is 10.1 Å². The molecular weight excluding hydrogens is 428 g/mol. The normalized spacial score (nSPS) is 10.9. The number of aromatic nitrogens is 3. The van der Waals surface area contributed by atoms with E-state index in [1.165, 1.54) is 0 Å². The summed E-state index contributed by atoms with van der Waals surface area (Å²) in [5.41, 5.74) is 4.83. The second kappa shape index (κ2) is 9.04. The van der Waals surface area contributed by atoms with E-state index in [0.29, 0.717) is 35.8 Å². The van der Waals surface area contributed by atoms with Crippen LogP contribution in [-0.2, 0) is 11.3 Å². The molecule has 0 spiro atoms. The van der Waals surface area contributed by atoms with Gasteiger partial charge in [0, 0.05) is 41.2 Å². The van der Waals surface area contributed by atoms with E-state index in [-0.39, 0.29) is 6.42 Å². The number of hydrogen-bond acceptors (Lipinski definition) is 5. The number of carboxylic acids is 1. The van der Waals surface area contributed by atoms with Gasteiger partial charge in [0.1, 0.15) is 0 Å². The number of hydrogen-bond donors (Lipinski definition) is 1. The minimum atomic E-state index is -0.798. The largest absolute Gasteiger partial charge is 0.481 e. The highest BCUT2D eigenvalue weighted by atomic mass is 16.5. The van der Waals surface area contributed by atoms with Crippen molar-refractivity contribution in [1.29, 1.82) is 5.26 Å². The van der Waals surface area contributed by atoms with Crippen LogP contribution < -0.4 is 0 Å². The predicted molar refractivity (Wildman–Crippen MR) is 128 cm³/mol. The smallest absolute Gasteiger partial charge is 0.303 e. The third kappa shape index (κ3) is 4.05. The molecule has 0 fully saturated rings. The van der Waals surface area contributed by atoms with Gasteiger partial charge in [0.2, 0.25) is 5.82 Å². The van der Waals surface area contributed by atoms with Crippen LogP contribution in [0.3, 0.4) is 0 Å². The Bertz CT molecular complexity index is 1530. The Morgan fingerprint density at radius 2 is 1.85 bits per heavy atom. The molecule has 2 heterocycles. The van der Waals surface area contributed by atoms with Gasteiger partial charge in [-0.1, -0.05) is 53.7 Å². The van der Waals surface area contributed by atoms with Crippen LogP contribution in [0.15, 0.2) is 83.5 Å². The molecule has 0 aliphatic heterocycles. The fraction of sp³-hybridized carbons (Fsp3) is 0.111. The zero-order chi connectivity index (χ0) is 23.5. The summed E-state index contributed by atoms with van der Waals surface area (Å²) in [6.45, 7) is 0.613. The minimum Gasteiger partial charge on any atom is -0.481 e. The molecular formula is C27H20N4O3. The Labute approximate surface area is 195 Å². The number of nitrogens with zero attached hydrogens (tertiary/aromatic N) is 4. The average Bonchev–Trinajstić information content (AvgIpc) is 3.52. The number of carboxylic acid groups (broad SMARTS) is 1. The van der Waals surface area contributed by atoms with E-state index in [1.54, 1.807) is 6.07 Å². The van der Waals surface area contributed by atoms with Crippen LogP contribution in [0.4, 0.5) is 0 Å². The van der Waals surface area contributed by atoms with E-state index >= 15 is 0 Å². The molecule has 0 bridgehead atoms. The highest BCUT2D eigenvalue weighted by molar-refractivity contribution is 5.94. The Morgan fingerprint density at radius 1 is 1.00 bits per heavy atom. The summed E-state index contributed by atoms with van der Waals surface area (Å²) in [5, 5.41) is 23.7. The number of fused-ring (bicyclic) bond motifs is 1. The average molecular weight is 448 g/mol. The first-order valence-corrected chi connectivity index (χ1v) is 10.9. The molecule has 3 aromatic carbocycles. The molecule has 1 N–H and O–H groups in total. The Kier molecular flexibility index (Phi) is 5.63. The fourth-order valence-corrected chi connectivity index (χ4v) is 4.10. The summed E-state index contributed by atoms with van der Waals surface area (Å²) in [6.07, 6.45) is 2.62. The van der Waals surface area contributed by atoms with Crippen LogP contribution in [0.5, 0.6) is 0 Å². The summed E-state index contributed by atoms with van der Waals surface area (Å²) in [6, 6.07) is 25.4. The number of rotatable bonds is 7. The van der Waals surface area contributed by atoms with Crippen molar-refractivity contribution < 1.29 is 14.4 Å². The van der Waals surface area contributed by atoms with Gasteiger partial charge in [0.25, 0.3) is 5.89 Å². The highest BCUT2D eigenvalue weighted by Gasteiger charge is 2.16. The Hall–Kier alpha value is -4.70. The number of aliphatic carboxylic acids is 1. The summed E-state index contributed by atoms with van der Waals surface area (Å²) < 4.78 is 7.59. The van der Waals surface area contributed by atoms with Crippen molar-refractivity contribution in [3.63, 3.8) is 0 Å². The lowest BCUT2D eigenvalue weighted by atomic mass is 9.98. The van der Waals surface area contributed by atoms with Gasteiger partial charge in [-0.2, -0.15) is 10.2 Å². The van der Waals surface area contributed by atoms with Crippen LogP contribution in [0.2, 0.25) is 0 Å². The van der Waals surface area contributed by atoms with Crippen molar-refractivity contribution in [2.75, 3.05) is 0 Å². The van der Waals surface area contributed by atoms with Crippen LogP contribution >= 0.6 is 0 Å². The van der Waals surface area contributed by atoms with Crippen molar-refractivity contribution in [2.45, 2.75) is 19.4 Å². The first-order valence-electron chi connectivity index (χ1n) is 10.9. The zero-order valence-corrected chi connectivity index (χ0v) is 18.2. The van der Waals surface area contributed by atoms with Crippen LogP contribution in [0, 0.1) is 11.3 Å². The maximum Gasteiger partial charge on any atom is 0.303 e. The molecule has 0 unspecified atom stereocenters. The van der Waals surface area contributed by atoms with Gasteiger partial charge in [-0.3, -0.25) is 4.79 Å². The lowest BCUT2D eigenvalue weighted by molar-refractivity contribution is -0.137.